The lowest BCUT2D eigenvalue weighted by Gasteiger charge is -2.35. The van der Waals surface area contributed by atoms with Crippen LogP contribution in [0.5, 0.6) is 5.75 Å². The van der Waals surface area contributed by atoms with Crippen LogP contribution in [0.4, 0.5) is 0 Å². The van der Waals surface area contributed by atoms with Gasteiger partial charge in [-0.05, 0) is 31.2 Å². The molecular weight excluding hydrogens is 362 g/mol. The summed E-state index contributed by atoms with van der Waals surface area (Å²) in [5.74, 6) is 1.19. The summed E-state index contributed by atoms with van der Waals surface area (Å²) in [7, 11) is -0.373. The predicted octanol–water partition coefficient (Wildman–Crippen LogP) is 1.13. The van der Waals surface area contributed by atoms with Gasteiger partial charge in [-0.3, -0.25) is 4.79 Å². The number of piperazine rings is 1. The summed E-state index contributed by atoms with van der Waals surface area (Å²) in [6.45, 7) is 4.08. The summed E-state index contributed by atoms with van der Waals surface area (Å²) in [6, 6.07) is 7.65. The molecule has 25 heavy (non-hydrogen) atoms. The second-order valence-electron chi connectivity index (χ2n) is 5.76. The van der Waals surface area contributed by atoms with Crippen LogP contribution in [0.15, 0.2) is 29.2 Å². The number of amides is 1. The van der Waals surface area contributed by atoms with E-state index < -0.39 is 10.2 Å². The number of ether oxygens (including phenoxy) is 1. The highest BCUT2D eigenvalue weighted by Gasteiger charge is 2.30. The molecule has 1 aliphatic heterocycles. The molecule has 0 bridgehead atoms. The number of hydrogen-bond acceptors (Lipinski definition) is 5. The van der Waals surface area contributed by atoms with Crippen molar-refractivity contribution in [2.75, 3.05) is 52.6 Å². The Bertz CT molecular complexity index is 669. The van der Waals surface area contributed by atoms with Crippen LogP contribution in [0.2, 0.25) is 0 Å². The molecule has 0 N–H and O–H groups in total. The lowest BCUT2D eigenvalue weighted by atomic mass is 10.3. The number of rotatable bonds is 7. The van der Waals surface area contributed by atoms with Gasteiger partial charge < -0.3 is 9.64 Å². The molecule has 1 saturated heterocycles. The largest absolute Gasteiger partial charge is 0.494 e. The molecule has 7 nitrogen and oxygen atoms in total. The first-order valence-electron chi connectivity index (χ1n) is 8.15. The van der Waals surface area contributed by atoms with Gasteiger partial charge in [0, 0.05) is 45.2 Å². The lowest BCUT2D eigenvalue weighted by Crippen LogP contribution is -2.53. The molecular formula is C16H25N3O4S2. The van der Waals surface area contributed by atoms with Crippen molar-refractivity contribution in [3.63, 3.8) is 0 Å². The van der Waals surface area contributed by atoms with E-state index in [0.29, 0.717) is 38.5 Å². The predicted molar refractivity (Wildman–Crippen MR) is 99.1 cm³/mol. The second kappa shape index (κ2) is 8.88. The third-order valence-electron chi connectivity index (χ3n) is 3.88. The van der Waals surface area contributed by atoms with Gasteiger partial charge in [-0.2, -0.15) is 17.0 Å². The lowest BCUT2D eigenvalue weighted by molar-refractivity contribution is -0.129. The van der Waals surface area contributed by atoms with Crippen LogP contribution >= 0.6 is 11.8 Å². The quantitative estimate of drug-likeness (QED) is 0.656. The monoisotopic (exact) mass is 387 g/mol. The minimum atomic E-state index is -3.40. The van der Waals surface area contributed by atoms with Crippen LogP contribution < -0.4 is 4.74 Å². The third-order valence-corrected chi connectivity index (χ3v) is 6.81. The molecule has 1 aromatic rings. The van der Waals surface area contributed by atoms with Gasteiger partial charge in [0.2, 0.25) is 5.91 Å². The van der Waals surface area contributed by atoms with Crippen molar-refractivity contribution in [1.29, 1.82) is 0 Å². The fourth-order valence-corrected chi connectivity index (χ4v) is 4.32. The maximum Gasteiger partial charge on any atom is 0.281 e. The average molecular weight is 388 g/mol. The standard InChI is InChI=1S/C16H25N3O4S2/c1-4-23-14-5-7-15(8-6-14)24-13-16(20)18-9-11-19(12-10-18)25(21,22)17(2)3/h5-8H,4,9-13H2,1-3H3. The first kappa shape index (κ1) is 20.0. The van der Waals surface area contributed by atoms with Crippen LogP contribution in [0.1, 0.15) is 6.92 Å². The molecule has 0 unspecified atom stereocenters. The molecule has 9 heteroatoms. The second-order valence-corrected chi connectivity index (χ2v) is 8.95. The molecule has 0 aliphatic carbocycles. The summed E-state index contributed by atoms with van der Waals surface area (Å²) in [5, 5.41) is 0. The highest BCUT2D eigenvalue weighted by Crippen LogP contribution is 2.22. The molecule has 1 heterocycles. The van der Waals surface area contributed by atoms with Gasteiger partial charge in [-0.1, -0.05) is 0 Å². The van der Waals surface area contributed by atoms with Crippen molar-refractivity contribution in [2.24, 2.45) is 0 Å². The Morgan fingerprint density at radius 1 is 1.16 bits per heavy atom. The molecule has 1 aromatic carbocycles. The summed E-state index contributed by atoms with van der Waals surface area (Å²) in [6.07, 6.45) is 0. The molecule has 0 spiro atoms. The maximum absolute atomic E-state index is 12.3. The van der Waals surface area contributed by atoms with Crippen molar-refractivity contribution in [3.05, 3.63) is 24.3 Å². The van der Waals surface area contributed by atoms with Crippen molar-refractivity contribution in [2.45, 2.75) is 11.8 Å². The van der Waals surface area contributed by atoms with Crippen LogP contribution in [0, 0.1) is 0 Å². The Hall–Kier alpha value is -1.29. The summed E-state index contributed by atoms with van der Waals surface area (Å²) in [5.41, 5.74) is 0. The molecule has 0 atom stereocenters. The van der Waals surface area contributed by atoms with Crippen LogP contribution in [0.3, 0.4) is 0 Å². The minimum Gasteiger partial charge on any atom is -0.494 e. The van der Waals surface area contributed by atoms with E-state index in [9.17, 15) is 13.2 Å². The van der Waals surface area contributed by atoms with Gasteiger partial charge in [0.05, 0.1) is 12.4 Å². The molecule has 0 saturated carbocycles. The van der Waals surface area contributed by atoms with E-state index in [0.717, 1.165) is 10.6 Å². The first-order valence-corrected chi connectivity index (χ1v) is 10.5. The Balaban J connectivity index is 1.81. The fraction of sp³-hybridized carbons (Fsp3) is 0.562. The van der Waals surface area contributed by atoms with Crippen LogP contribution in [-0.4, -0.2) is 80.5 Å². The first-order chi connectivity index (χ1) is 11.8. The van der Waals surface area contributed by atoms with E-state index >= 15 is 0 Å². The molecule has 1 aliphatic rings. The Morgan fingerprint density at radius 2 is 1.76 bits per heavy atom. The van der Waals surface area contributed by atoms with E-state index in [1.807, 2.05) is 31.2 Å². The Morgan fingerprint density at radius 3 is 2.28 bits per heavy atom. The SMILES string of the molecule is CCOc1ccc(SCC(=O)N2CCN(S(=O)(=O)N(C)C)CC2)cc1. The number of benzene rings is 1. The van der Waals surface area contributed by atoms with Gasteiger partial charge in [-0.15, -0.1) is 11.8 Å². The fourth-order valence-electron chi connectivity index (χ4n) is 2.43. The smallest absolute Gasteiger partial charge is 0.281 e. The summed E-state index contributed by atoms with van der Waals surface area (Å²) in [4.78, 5) is 15.1. The molecule has 140 valence electrons. The topological polar surface area (TPSA) is 70.2 Å². The van der Waals surface area contributed by atoms with E-state index in [1.165, 1.54) is 34.5 Å². The third kappa shape index (κ3) is 5.34. The molecule has 2 rings (SSSR count). The Labute approximate surface area is 154 Å². The summed E-state index contributed by atoms with van der Waals surface area (Å²) >= 11 is 1.47. The highest BCUT2D eigenvalue weighted by atomic mass is 32.2. The van der Waals surface area contributed by atoms with Gasteiger partial charge in [-0.25, -0.2) is 0 Å². The normalized spacial score (nSPS) is 16.2. The zero-order valence-corrected chi connectivity index (χ0v) is 16.5. The number of hydrogen-bond donors (Lipinski definition) is 0. The molecule has 0 radical (unpaired) electrons. The number of carbonyl (C=O) groups excluding carboxylic acids is 1. The Kier molecular flexibility index (Phi) is 7.12. The zero-order valence-electron chi connectivity index (χ0n) is 14.8. The minimum absolute atomic E-state index is 0.0285. The van der Waals surface area contributed by atoms with Gasteiger partial charge in [0.1, 0.15) is 5.75 Å². The average Bonchev–Trinajstić information content (AvgIpc) is 2.61. The number of carbonyl (C=O) groups is 1. The summed E-state index contributed by atoms with van der Waals surface area (Å²) < 4.78 is 32.2. The van der Waals surface area contributed by atoms with Gasteiger partial charge in [0.25, 0.3) is 10.2 Å². The van der Waals surface area contributed by atoms with E-state index in [2.05, 4.69) is 0 Å². The number of nitrogens with zero attached hydrogens (tertiary/aromatic N) is 3. The van der Waals surface area contributed by atoms with Gasteiger partial charge in [0.15, 0.2) is 0 Å². The van der Waals surface area contributed by atoms with E-state index in [-0.39, 0.29) is 5.91 Å². The highest BCUT2D eigenvalue weighted by molar-refractivity contribution is 8.00. The molecule has 0 aromatic heterocycles. The van der Waals surface area contributed by atoms with Crippen molar-refractivity contribution >= 4 is 27.9 Å². The van der Waals surface area contributed by atoms with E-state index in [1.54, 1.807) is 4.90 Å². The van der Waals surface area contributed by atoms with E-state index in [4.69, 9.17) is 4.74 Å². The molecule has 1 amide bonds. The van der Waals surface area contributed by atoms with Crippen LogP contribution in [-0.2, 0) is 15.0 Å². The zero-order chi connectivity index (χ0) is 18.4. The number of thioether (sulfide) groups is 1. The van der Waals surface area contributed by atoms with Crippen LogP contribution in [0.25, 0.3) is 0 Å². The van der Waals surface area contributed by atoms with Gasteiger partial charge >= 0.3 is 0 Å². The maximum atomic E-state index is 12.3. The van der Waals surface area contributed by atoms with Crippen molar-refractivity contribution in [1.82, 2.24) is 13.5 Å². The van der Waals surface area contributed by atoms with Crippen molar-refractivity contribution < 1.29 is 17.9 Å². The van der Waals surface area contributed by atoms with Crippen molar-refractivity contribution in [3.8, 4) is 5.75 Å². The molecule has 1 fully saturated rings.